The molecule has 0 aliphatic carbocycles. The molecule has 2 aromatic rings. The molecule has 0 unspecified atom stereocenters. The fourth-order valence-electron chi connectivity index (χ4n) is 2.92. The highest BCUT2D eigenvalue weighted by atomic mass is 16.6. The zero-order valence-corrected chi connectivity index (χ0v) is 16.3. The average molecular weight is 370 g/mol. The van der Waals surface area contributed by atoms with E-state index in [4.69, 9.17) is 9.47 Å². The first-order valence-electron chi connectivity index (χ1n) is 9.06. The summed E-state index contributed by atoms with van der Waals surface area (Å²) >= 11 is 0. The van der Waals surface area contributed by atoms with Gasteiger partial charge in [0.1, 0.15) is 11.4 Å². The minimum atomic E-state index is -0.481. The smallest absolute Gasteiger partial charge is 0.410 e. The molecule has 0 bridgehead atoms. The van der Waals surface area contributed by atoms with Crippen molar-refractivity contribution in [3.05, 3.63) is 36.7 Å². The number of rotatable bonds is 3. The molecule has 0 radical (unpaired) electrons. The summed E-state index contributed by atoms with van der Waals surface area (Å²) in [6, 6.07) is 7.79. The molecule has 3 rings (SSSR count). The number of carbonyl (C=O) groups is 1. The van der Waals surface area contributed by atoms with E-state index >= 15 is 0 Å². The number of methoxy groups -OCH3 is 1. The van der Waals surface area contributed by atoms with Crippen LogP contribution in [0.15, 0.2) is 36.7 Å². The Morgan fingerprint density at radius 2 is 1.67 bits per heavy atom. The first-order valence-corrected chi connectivity index (χ1v) is 9.06. The number of benzene rings is 1. The minimum Gasteiger partial charge on any atom is -0.496 e. The van der Waals surface area contributed by atoms with E-state index in [1.807, 2.05) is 45.0 Å². The number of nitrogens with zero attached hydrogens (tertiary/aromatic N) is 4. The summed E-state index contributed by atoms with van der Waals surface area (Å²) in [5.41, 5.74) is 1.39. The summed E-state index contributed by atoms with van der Waals surface area (Å²) in [4.78, 5) is 25.0. The van der Waals surface area contributed by atoms with E-state index in [1.165, 1.54) is 0 Å². The Labute approximate surface area is 159 Å². The maximum atomic E-state index is 12.2. The first-order chi connectivity index (χ1) is 12.9. The molecular formula is C20H26N4O3. The van der Waals surface area contributed by atoms with Crippen molar-refractivity contribution >= 4 is 12.0 Å². The summed E-state index contributed by atoms with van der Waals surface area (Å²) in [6.07, 6.45) is 3.34. The maximum absolute atomic E-state index is 12.2. The van der Waals surface area contributed by atoms with Crippen LogP contribution in [0.1, 0.15) is 20.8 Å². The molecule has 1 amide bonds. The van der Waals surface area contributed by atoms with Gasteiger partial charge in [-0.3, -0.25) is 0 Å². The second kappa shape index (κ2) is 7.82. The normalized spacial score (nSPS) is 14.8. The van der Waals surface area contributed by atoms with Gasteiger partial charge < -0.3 is 19.3 Å². The quantitative estimate of drug-likeness (QED) is 0.826. The van der Waals surface area contributed by atoms with Gasteiger partial charge in [0.25, 0.3) is 0 Å². The predicted molar refractivity (Wildman–Crippen MR) is 104 cm³/mol. The Morgan fingerprint density at radius 1 is 1.04 bits per heavy atom. The minimum absolute atomic E-state index is 0.269. The van der Waals surface area contributed by atoms with Crippen LogP contribution < -0.4 is 9.64 Å². The molecule has 27 heavy (non-hydrogen) atoms. The monoisotopic (exact) mass is 370 g/mol. The molecule has 0 saturated carbocycles. The summed E-state index contributed by atoms with van der Waals surface area (Å²) in [7, 11) is 1.65. The van der Waals surface area contributed by atoms with Gasteiger partial charge in [-0.1, -0.05) is 18.2 Å². The molecule has 1 aliphatic rings. The van der Waals surface area contributed by atoms with Gasteiger partial charge in [-0.25, -0.2) is 14.8 Å². The molecule has 2 heterocycles. The van der Waals surface area contributed by atoms with Crippen molar-refractivity contribution in [2.45, 2.75) is 26.4 Å². The molecule has 1 fully saturated rings. The van der Waals surface area contributed by atoms with Gasteiger partial charge in [0.2, 0.25) is 5.95 Å². The van der Waals surface area contributed by atoms with Gasteiger partial charge in [-0.2, -0.15) is 0 Å². The highest BCUT2D eigenvalue weighted by Crippen LogP contribution is 2.29. The zero-order valence-electron chi connectivity index (χ0n) is 16.3. The lowest BCUT2D eigenvalue weighted by Gasteiger charge is -2.35. The molecular weight excluding hydrogens is 344 g/mol. The van der Waals surface area contributed by atoms with Crippen LogP contribution in [0, 0.1) is 0 Å². The SMILES string of the molecule is COc1ccccc1-c1cnc(N2CCN(C(=O)OC(C)(C)C)CC2)nc1. The molecule has 1 aliphatic heterocycles. The number of aromatic nitrogens is 2. The Kier molecular flexibility index (Phi) is 5.48. The van der Waals surface area contributed by atoms with Crippen LogP contribution >= 0.6 is 0 Å². The van der Waals surface area contributed by atoms with Crippen molar-refractivity contribution in [3.63, 3.8) is 0 Å². The number of hydrogen-bond donors (Lipinski definition) is 0. The number of piperazine rings is 1. The van der Waals surface area contributed by atoms with Crippen molar-refractivity contribution in [2.75, 3.05) is 38.2 Å². The van der Waals surface area contributed by atoms with Crippen LogP contribution in [-0.2, 0) is 4.74 Å². The second-order valence-electron chi connectivity index (χ2n) is 7.43. The molecule has 7 heteroatoms. The number of carbonyl (C=O) groups excluding carboxylic acids is 1. The van der Waals surface area contributed by atoms with Crippen molar-refractivity contribution in [3.8, 4) is 16.9 Å². The van der Waals surface area contributed by atoms with Gasteiger partial charge in [-0.15, -0.1) is 0 Å². The van der Waals surface area contributed by atoms with E-state index in [2.05, 4.69) is 14.9 Å². The molecule has 7 nitrogen and oxygen atoms in total. The molecule has 144 valence electrons. The topological polar surface area (TPSA) is 67.8 Å². The van der Waals surface area contributed by atoms with Crippen molar-refractivity contribution < 1.29 is 14.3 Å². The third-order valence-electron chi connectivity index (χ3n) is 4.27. The van der Waals surface area contributed by atoms with Crippen LogP contribution in [0.25, 0.3) is 11.1 Å². The molecule has 1 saturated heterocycles. The maximum Gasteiger partial charge on any atom is 0.410 e. The lowest BCUT2D eigenvalue weighted by Crippen LogP contribution is -2.50. The Bertz CT molecular complexity index is 779. The summed E-state index contributed by atoms with van der Waals surface area (Å²) < 4.78 is 10.8. The molecule has 1 aromatic carbocycles. The van der Waals surface area contributed by atoms with E-state index in [9.17, 15) is 4.79 Å². The van der Waals surface area contributed by atoms with E-state index in [0.29, 0.717) is 32.1 Å². The lowest BCUT2D eigenvalue weighted by atomic mass is 10.1. The Morgan fingerprint density at radius 3 is 2.26 bits per heavy atom. The van der Waals surface area contributed by atoms with Gasteiger partial charge in [-0.05, 0) is 26.8 Å². The highest BCUT2D eigenvalue weighted by molar-refractivity contribution is 5.70. The van der Waals surface area contributed by atoms with Gasteiger partial charge in [0.15, 0.2) is 0 Å². The van der Waals surface area contributed by atoms with Crippen molar-refractivity contribution in [1.29, 1.82) is 0 Å². The van der Waals surface area contributed by atoms with Crippen molar-refractivity contribution in [1.82, 2.24) is 14.9 Å². The van der Waals surface area contributed by atoms with Crippen LogP contribution in [0.3, 0.4) is 0 Å². The average Bonchev–Trinajstić information content (AvgIpc) is 2.67. The Balaban J connectivity index is 1.63. The molecule has 0 atom stereocenters. The zero-order chi connectivity index (χ0) is 19.4. The van der Waals surface area contributed by atoms with E-state index in [1.54, 1.807) is 24.4 Å². The largest absolute Gasteiger partial charge is 0.496 e. The fraction of sp³-hybridized carbons (Fsp3) is 0.450. The number of para-hydroxylation sites is 1. The van der Waals surface area contributed by atoms with Gasteiger partial charge in [0, 0.05) is 49.7 Å². The summed E-state index contributed by atoms with van der Waals surface area (Å²) in [5.74, 6) is 1.46. The fourth-order valence-corrected chi connectivity index (χ4v) is 2.92. The van der Waals surface area contributed by atoms with E-state index in [-0.39, 0.29) is 6.09 Å². The molecule has 0 N–H and O–H groups in total. The van der Waals surface area contributed by atoms with Crippen molar-refractivity contribution in [2.24, 2.45) is 0 Å². The first kappa shape index (κ1) is 18.9. The molecule has 1 aromatic heterocycles. The van der Waals surface area contributed by atoms with Crippen LogP contribution in [-0.4, -0.2) is 59.9 Å². The number of hydrogen-bond acceptors (Lipinski definition) is 6. The van der Waals surface area contributed by atoms with Gasteiger partial charge >= 0.3 is 6.09 Å². The Hall–Kier alpha value is -2.83. The van der Waals surface area contributed by atoms with Crippen LogP contribution in [0.5, 0.6) is 5.75 Å². The molecule has 0 spiro atoms. The summed E-state index contributed by atoms with van der Waals surface area (Å²) in [6.45, 7) is 8.15. The van der Waals surface area contributed by atoms with E-state index < -0.39 is 5.60 Å². The standard InChI is InChI=1S/C20H26N4O3/c1-20(2,3)27-19(25)24-11-9-23(10-12-24)18-21-13-15(14-22-18)16-7-5-6-8-17(16)26-4/h5-8,13-14H,9-12H2,1-4H3. The predicted octanol–water partition coefficient (Wildman–Crippen LogP) is 3.21. The number of ether oxygens (including phenoxy) is 2. The van der Waals surface area contributed by atoms with Crippen LogP contribution in [0.2, 0.25) is 0 Å². The third-order valence-corrected chi connectivity index (χ3v) is 4.27. The summed E-state index contributed by atoms with van der Waals surface area (Å²) in [5, 5.41) is 0. The third kappa shape index (κ3) is 4.67. The van der Waals surface area contributed by atoms with E-state index in [0.717, 1.165) is 16.9 Å². The lowest BCUT2D eigenvalue weighted by molar-refractivity contribution is 0.0240. The number of anilines is 1. The highest BCUT2D eigenvalue weighted by Gasteiger charge is 2.26. The van der Waals surface area contributed by atoms with Crippen LogP contribution in [0.4, 0.5) is 10.7 Å². The van der Waals surface area contributed by atoms with Gasteiger partial charge in [0.05, 0.1) is 7.11 Å². The number of amides is 1. The second-order valence-corrected chi connectivity index (χ2v) is 7.43.